The Balaban J connectivity index is 1.48. The summed E-state index contributed by atoms with van der Waals surface area (Å²) in [5.74, 6) is -3.04. The summed E-state index contributed by atoms with van der Waals surface area (Å²) in [7, 11) is 0. The van der Waals surface area contributed by atoms with E-state index in [4.69, 9.17) is 0 Å². The first kappa shape index (κ1) is 24.5. The summed E-state index contributed by atoms with van der Waals surface area (Å²) in [5, 5.41) is 4.67. The van der Waals surface area contributed by atoms with Gasteiger partial charge in [-0.1, -0.05) is 68.5 Å². The van der Waals surface area contributed by atoms with Gasteiger partial charge in [-0.25, -0.2) is 8.78 Å². The van der Waals surface area contributed by atoms with Crippen LogP contribution in [-0.4, -0.2) is 15.9 Å². The summed E-state index contributed by atoms with van der Waals surface area (Å²) in [4.78, 5) is 21.8. The van der Waals surface area contributed by atoms with Crippen molar-refractivity contribution in [2.24, 2.45) is 0 Å². The van der Waals surface area contributed by atoms with Crippen molar-refractivity contribution in [2.75, 3.05) is 0 Å². The van der Waals surface area contributed by atoms with E-state index < -0.39 is 5.92 Å². The highest BCUT2D eigenvalue weighted by Gasteiger charge is 2.28. The van der Waals surface area contributed by atoms with E-state index in [0.717, 1.165) is 29.1 Å². The van der Waals surface area contributed by atoms with Crippen molar-refractivity contribution in [2.45, 2.75) is 51.9 Å². The summed E-state index contributed by atoms with van der Waals surface area (Å²) in [5.41, 5.74) is 4.87. The van der Waals surface area contributed by atoms with Gasteiger partial charge in [0, 0.05) is 30.1 Å². The third-order valence-corrected chi connectivity index (χ3v) is 6.29. The van der Waals surface area contributed by atoms with Gasteiger partial charge in [0.1, 0.15) is 0 Å². The van der Waals surface area contributed by atoms with Crippen LogP contribution in [0.25, 0.3) is 11.1 Å². The Bertz CT molecular complexity index is 1350. The fraction of sp³-hybridized carbons (Fsp3) is 0.276. The third-order valence-electron chi connectivity index (χ3n) is 6.29. The Morgan fingerprint density at radius 2 is 1.77 bits per heavy atom. The Morgan fingerprint density at radius 3 is 2.43 bits per heavy atom. The average Bonchev–Trinajstić information content (AvgIpc) is 2.89. The van der Waals surface area contributed by atoms with E-state index >= 15 is 0 Å². The molecule has 0 spiro atoms. The molecule has 1 amide bonds. The maximum Gasteiger partial charge on any atom is 0.273 e. The second-order valence-electron chi connectivity index (χ2n) is 8.61. The van der Waals surface area contributed by atoms with Gasteiger partial charge in [0.05, 0.1) is 17.1 Å². The number of nitrogens with zero attached hydrogens (tertiary/aromatic N) is 2. The minimum Gasteiger partial charge on any atom is -0.326 e. The largest absolute Gasteiger partial charge is 0.326 e. The molecule has 0 radical (unpaired) electrons. The lowest BCUT2D eigenvalue weighted by Crippen LogP contribution is -2.36. The first-order chi connectivity index (χ1) is 16.9. The molecule has 0 aliphatic heterocycles. The van der Waals surface area contributed by atoms with Crippen molar-refractivity contribution >= 4 is 17.1 Å². The molecule has 2 aromatic rings. The van der Waals surface area contributed by atoms with Crippen LogP contribution < -0.4 is 16.0 Å². The van der Waals surface area contributed by atoms with Gasteiger partial charge in [-0.15, -0.1) is 0 Å². The normalized spacial score (nSPS) is 18.7. The van der Waals surface area contributed by atoms with Gasteiger partial charge in [-0.2, -0.15) is 0 Å². The summed E-state index contributed by atoms with van der Waals surface area (Å²) in [6.07, 6.45) is 17.8. The molecule has 0 bridgehead atoms. The van der Waals surface area contributed by atoms with E-state index in [1.807, 2.05) is 18.2 Å². The second-order valence-corrected chi connectivity index (χ2v) is 8.61. The summed E-state index contributed by atoms with van der Waals surface area (Å²) in [6, 6.07) is 5.96. The molecule has 35 heavy (non-hydrogen) atoms. The maximum atomic E-state index is 13.8. The highest BCUT2D eigenvalue weighted by molar-refractivity contribution is 5.81. The molecule has 4 nitrogen and oxygen atoms in total. The minimum absolute atomic E-state index is 0.0301. The number of hydrogen-bond acceptors (Lipinski definition) is 3. The van der Waals surface area contributed by atoms with Gasteiger partial charge in [0.15, 0.2) is 0 Å². The summed E-state index contributed by atoms with van der Waals surface area (Å²) >= 11 is 0. The molecule has 2 aliphatic carbocycles. The molecular formula is C29H29F2N3O. The van der Waals surface area contributed by atoms with Crippen molar-refractivity contribution in [3.8, 4) is 0 Å². The fourth-order valence-corrected chi connectivity index (χ4v) is 4.25. The quantitative estimate of drug-likeness (QED) is 0.657. The number of carbonyl (C=O) groups is 1. The number of aromatic nitrogens is 2. The van der Waals surface area contributed by atoms with Crippen LogP contribution in [0.2, 0.25) is 0 Å². The minimum atomic E-state index is -2.85. The number of allylic oxidation sites excluding steroid dienone is 7. The molecule has 2 aliphatic rings. The Hall–Kier alpha value is -3.67. The third kappa shape index (κ3) is 5.70. The van der Waals surface area contributed by atoms with Crippen LogP contribution in [0.1, 0.15) is 50.7 Å². The van der Waals surface area contributed by atoms with E-state index in [1.165, 1.54) is 30.2 Å². The maximum absolute atomic E-state index is 13.8. The number of alkyl halides is 2. The number of halogens is 2. The molecule has 1 heterocycles. The number of hydrogen-bond donors (Lipinski definition) is 1. The lowest BCUT2D eigenvalue weighted by Gasteiger charge is -2.15. The van der Waals surface area contributed by atoms with Gasteiger partial charge in [0.2, 0.25) is 5.91 Å². The summed E-state index contributed by atoms with van der Waals surface area (Å²) in [6.45, 7) is 3.59. The number of benzene rings is 1. The molecule has 0 unspecified atom stereocenters. The van der Waals surface area contributed by atoms with E-state index in [9.17, 15) is 13.6 Å². The van der Waals surface area contributed by atoms with Crippen molar-refractivity contribution in [1.29, 1.82) is 0 Å². The van der Waals surface area contributed by atoms with E-state index in [2.05, 4.69) is 40.4 Å². The molecule has 1 N–H and O–H groups in total. The van der Waals surface area contributed by atoms with Crippen LogP contribution in [0.3, 0.4) is 0 Å². The van der Waals surface area contributed by atoms with Crippen LogP contribution >= 0.6 is 0 Å². The lowest BCUT2D eigenvalue weighted by molar-refractivity contribution is -0.119. The highest BCUT2D eigenvalue weighted by atomic mass is 19.3. The smallest absolute Gasteiger partial charge is 0.273 e. The van der Waals surface area contributed by atoms with Crippen molar-refractivity contribution in [3.63, 3.8) is 0 Å². The average molecular weight is 474 g/mol. The first-order valence-corrected chi connectivity index (χ1v) is 12.0. The second kappa shape index (κ2) is 10.7. The zero-order valence-corrected chi connectivity index (χ0v) is 20.0. The van der Waals surface area contributed by atoms with E-state index in [1.54, 1.807) is 24.5 Å². The number of amides is 1. The SMILES string of the molecule is CCC1=CC=CCC1=c1nccnc1=C1C=CC(NC(=O)Cc2ccc(C(F)(F)CC)cc2)=CC1. The van der Waals surface area contributed by atoms with Crippen LogP contribution in [0.15, 0.2) is 84.4 Å². The van der Waals surface area contributed by atoms with E-state index in [0.29, 0.717) is 17.7 Å². The van der Waals surface area contributed by atoms with Gasteiger partial charge >= 0.3 is 0 Å². The van der Waals surface area contributed by atoms with Gasteiger partial charge < -0.3 is 5.32 Å². The van der Waals surface area contributed by atoms with Crippen molar-refractivity contribution in [1.82, 2.24) is 15.3 Å². The molecule has 0 saturated heterocycles. The van der Waals surface area contributed by atoms with E-state index in [-0.39, 0.29) is 24.3 Å². The topological polar surface area (TPSA) is 54.9 Å². The predicted octanol–water partition coefficient (Wildman–Crippen LogP) is 4.78. The number of rotatable bonds is 6. The molecule has 1 aromatic heterocycles. The van der Waals surface area contributed by atoms with Gasteiger partial charge in [0.25, 0.3) is 5.92 Å². The molecule has 180 valence electrons. The Labute approximate surface area is 204 Å². The zero-order chi connectivity index (χ0) is 24.8. The van der Waals surface area contributed by atoms with Crippen molar-refractivity contribution in [3.05, 3.63) is 106 Å². The van der Waals surface area contributed by atoms with Crippen LogP contribution in [-0.2, 0) is 17.1 Å². The van der Waals surface area contributed by atoms with Crippen LogP contribution in [0.4, 0.5) is 8.78 Å². The molecule has 6 heteroatoms. The highest BCUT2D eigenvalue weighted by Crippen LogP contribution is 2.31. The Morgan fingerprint density at radius 1 is 1.03 bits per heavy atom. The standard InChI is InChI=1S/C29H29F2N3O/c1-3-21-7-5-6-8-25(21)28-27(32-17-18-33-28)22-11-15-24(16-12-22)34-26(35)19-20-9-13-23(14-10-20)29(30,31)4-2/h5-7,9-11,13-18H,3-4,8,12,19H2,1-2H3,(H,34,35). The molecule has 0 saturated carbocycles. The van der Waals surface area contributed by atoms with Crippen molar-refractivity contribution < 1.29 is 13.6 Å². The molecule has 0 atom stereocenters. The van der Waals surface area contributed by atoms with Gasteiger partial charge in [-0.05, 0) is 47.6 Å². The Kier molecular flexibility index (Phi) is 7.49. The van der Waals surface area contributed by atoms with Crippen LogP contribution in [0.5, 0.6) is 0 Å². The lowest BCUT2D eigenvalue weighted by atomic mass is 9.95. The van der Waals surface area contributed by atoms with Crippen LogP contribution in [0, 0.1) is 0 Å². The predicted molar refractivity (Wildman–Crippen MR) is 135 cm³/mol. The molecule has 4 rings (SSSR count). The first-order valence-electron chi connectivity index (χ1n) is 12.0. The molecule has 0 fully saturated rings. The number of carbonyl (C=O) groups excluding carboxylic acids is 1. The monoisotopic (exact) mass is 473 g/mol. The summed E-state index contributed by atoms with van der Waals surface area (Å²) < 4.78 is 27.6. The fourth-order valence-electron chi connectivity index (χ4n) is 4.25. The molecule has 1 aromatic carbocycles. The van der Waals surface area contributed by atoms with Gasteiger partial charge in [-0.3, -0.25) is 14.8 Å². The zero-order valence-electron chi connectivity index (χ0n) is 20.0. The molecular weight excluding hydrogens is 444 g/mol. The number of nitrogens with one attached hydrogen (secondary N) is 1.